The molecule has 7 heteroatoms. The van der Waals surface area contributed by atoms with Gasteiger partial charge >= 0.3 is 7.60 Å². The average molecular weight is 217 g/mol. The van der Waals surface area contributed by atoms with Crippen molar-refractivity contribution in [3.63, 3.8) is 0 Å². The molecule has 0 saturated carbocycles. The fourth-order valence-electron chi connectivity index (χ4n) is 0.557. The van der Waals surface area contributed by atoms with E-state index in [-0.39, 0.29) is 19.5 Å². The summed E-state index contributed by atoms with van der Waals surface area (Å²) in [5.41, 5.74) is 8.07. The highest BCUT2D eigenvalue weighted by Crippen LogP contribution is 2.48. The molecule has 0 aromatic heterocycles. The zero-order valence-corrected chi connectivity index (χ0v) is 8.60. The van der Waals surface area contributed by atoms with E-state index in [1.54, 1.807) is 0 Å². The van der Waals surface area contributed by atoms with Crippen LogP contribution in [0, 0.1) is 0 Å². The Morgan fingerprint density at radius 3 is 2.21 bits per heavy atom. The maximum absolute atomic E-state index is 11.7. The molecule has 0 N–H and O–H groups in total. The first-order chi connectivity index (χ1) is 6.68. The van der Waals surface area contributed by atoms with E-state index in [4.69, 9.17) is 14.6 Å². The highest BCUT2D eigenvalue weighted by molar-refractivity contribution is 7.53. The summed E-state index contributed by atoms with van der Waals surface area (Å²) in [6.07, 6.45) is 2.53. The van der Waals surface area contributed by atoms with Crippen LogP contribution in [0.4, 0.5) is 0 Å². The molecule has 0 spiro atoms. The Bertz CT molecular complexity index is 270. The third-order valence-corrected chi connectivity index (χ3v) is 2.64. The van der Waals surface area contributed by atoms with E-state index >= 15 is 0 Å². The molecular weight excluding hydrogens is 205 g/mol. The van der Waals surface area contributed by atoms with E-state index in [9.17, 15) is 4.57 Å². The van der Waals surface area contributed by atoms with Gasteiger partial charge in [-0.1, -0.05) is 17.3 Å². The molecule has 0 atom stereocenters. The predicted molar refractivity (Wildman–Crippen MR) is 53.9 cm³/mol. The molecule has 0 radical (unpaired) electrons. The molecule has 0 amide bonds. The first-order valence-electron chi connectivity index (χ1n) is 3.79. The molecule has 0 heterocycles. The Balaban J connectivity index is 4.30. The summed E-state index contributed by atoms with van der Waals surface area (Å²) in [6.45, 7) is 6.96. The number of hydrogen-bond acceptors (Lipinski definition) is 4. The van der Waals surface area contributed by atoms with Gasteiger partial charge < -0.3 is 9.05 Å². The molecular formula is C7H12N3O3P. The Morgan fingerprint density at radius 2 is 1.86 bits per heavy atom. The van der Waals surface area contributed by atoms with Crippen LogP contribution in [0.2, 0.25) is 0 Å². The fourth-order valence-corrected chi connectivity index (χ4v) is 1.67. The summed E-state index contributed by atoms with van der Waals surface area (Å²) in [5.74, 6) is 0. The minimum atomic E-state index is -3.33. The van der Waals surface area contributed by atoms with Gasteiger partial charge in [0.2, 0.25) is 0 Å². The van der Waals surface area contributed by atoms with E-state index in [1.165, 1.54) is 12.2 Å². The molecule has 14 heavy (non-hydrogen) atoms. The minimum absolute atomic E-state index is 0.0787. The van der Waals surface area contributed by atoms with Gasteiger partial charge in [-0.2, -0.15) is 0 Å². The molecule has 0 aliphatic rings. The van der Waals surface area contributed by atoms with Gasteiger partial charge in [0.25, 0.3) is 0 Å². The molecule has 0 unspecified atom stereocenters. The van der Waals surface area contributed by atoms with Crippen molar-refractivity contribution in [1.29, 1.82) is 0 Å². The van der Waals surface area contributed by atoms with Crippen LogP contribution in [0.15, 0.2) is 30.4 Å². The first-order valence-corrected chi connectivity index (χ1v) is 5.52. The van der Waals surface area contributed by atoms with Crippen LogP contribution in [0.3, 0.4) is 0 Å². The van der Waals surface area contributed by atoms with Gasteiger partial charge in [-0.3, -0.25) is 4.57 Å². The van der Waals surface area contributed by atoms with Crippen LogP contribution in [0.25, 0.3) is 10.4 Å². The van der Waals surface area contributed by atoms with Gasteiger partial charge in [-0.15, -0.1) is 13.2 Å². The summed E-state index contributed by atoms with van der Waals surface area (Å²) < 4.78 is 21.5. The monoisotopic (exact) mass is 217 g/mol. The number of azide groups is 1. The summed E-state index contributed by atoms with van der Waals surface area (Å²) >= 11 is 0. The lowest BCUT2D eigenvalue weighted by atomic mass is 10.7. The van der Waals surface area contributed by atoms with Crippen molar-refractivity contribution in [2.75, 3.05) is 19.5 Å². The Labute approximate surface area is 82.4 Å². The second-order valence-corrected chi connectivity index (χ2v) is 4.17. The molecule has 0 rings (SSSR count). The molecule has 0 fully saturated rings. The summed E-state index contributed by atoms with van der Waals surface area (Å²) in [6, 6.07) is 0. The third kappa shape index (κ3) is 5.56. The molecule has 0 aromatic rings. The maximum Gasteiger partial charge on any atom is 0.337 e. The van der Waals surface area contributed by atoms with Crippen LogP contribution < -0.4 is 0 Å². The average Bonchev–Trinajstić information content (AvgIpc) is 2.21. The lowest BCUT2D eigenvalue weighted by Gasteiger charge is -2.14. The van der Waals surface area contributed by atoms with Crippen LogP contribution >= 0.6 is 7.60 Å². The maximum atomic E-state index is 11.7. The smallest absolute Gasteiger partial charge is 0.304 e. The molecule has 0 aliphatic heterocycles. The summed E-state index contributed by atoms with van der Waals surface area (Å²) in [4.78, 5) is 2.48. The van der Waals surface area contributed by atoms with Gasteiger partial charge in [0.05, 0.1) is 13.2 Å². The SMILES string of the molecule is C=CCOP(=O)(CN=[N+]=[N-])OCC=C. The highest BCUT2D eigenvalue weighted by atomic mass is 31.2. The quantitative estimate of drug-likeness (QED) is 0.206. The fraction of sp³-hybridized carbons (Fsp3) is 0.429. The second kappa shape index (κ2) is 7.35. The number of hydrogen-bond donors (Lipinski definition) is 0. The van der Waals surface area contributed by atoms with Crippen molar-refractivity contribution in [3.8, 4) is 0 Å². The van der Waals surface area contributed by atoms with E-state index < -0.39 is 7.60 Å². The molecule has 0 aromatic carbocycles. The predicted octanol–water partition coefficient (Wildman–Crippen LogP) is 2.85. The van der Waals surface area contributed by atoms with Crippen LogP contribution in [-0.2, 0) is 13.6 Å². The lowest BCUT2D eigenvalue weighted by molar-refractivity contribution is 0.237. The Hall–Kier alpha value is -1.06. The van der Waals surface area contributed by atoms with E-state index in [0.717, 1.165) is 0 Å². The van der Waals surface area contributed by atoms with Crippen molar-refractivity contribution < 1.29 is 13.6 Å². The van der Waals surface area contributed by atoms with E-state index in [2.05, 4.69) is 23.2 Å². The topological polar surface area (TPSA) is 84.3 Å². The van der Waals surface area contributed by atoms with Gasteiger partial charge in [-0.05, 0) is 5.53 Å². The first kappa shape index (κ1) is 12.9. The largest absolute Gasteiger partial charge is 0.337 e. The second-order valence-electron chi connectivity index (χ2n) is 2.15. The van der Waals surface area contributed by atoms with Gasteiger partial charge in [-0.25, -0.2) is 0 Å². The Morgan fingerprint density at radius 1 is 1.36 bits per heavy atom. The van der Waals surface area contributed by atoms with Crippen LogP contribution in [-0.4, -0.2) is 19.5 Å². The van der Waals surface area contributed by atoms with Crippen LogP contribution in [0.5, 0.6) is 0 Å². The number of rotatable bonds is 8. The minimum Gasteiger partial charge on any atom is -0.304 e. The highest BCUT2D eigenvalue weighted by Gasteiger charge is 2.22. The van der Waals surface area contributed by atoms with E-state index in [1.807, 2.05) is 0 Å². The zero-order valence-electron chi connectivity index (χ0n) is 7.70. The lowest BCUT2D eigenvalue weighted by Crippen LogP contribution is -1.98. The normalized spacial score (nSPS) is 10.3. The molecule has 0 aliphatic carbocycles. The molecule has 6 nitrogen and oxygen atoms in total. The van der Waals surface area contributed by atoms with Crippen molar-refractivity contribution in [2.24, 2.45) is 5.11 Å². The summed E-state index contributed by atoms with van der Waals surface area (Å²) in [7, 11) is -3.33. The van der Waals surface area contributed by atoms with Crippen molar-refractivity contribution in [2.45, 2.75) is 0 Å². The van der Waals surface area contributed by atoms with Crippen molar-refractivity contribution in [3.05, 3.63) is 35.8 Å². The molecule has 0 bridgehead atoms. The summed E-state index contributed by atoms with van der Waals surface area (Å²) in [5, 5.41) is 3.15. The third-order valence-electron chi connectivity index (χ3n) is 1.08. The standard InChI is InChI=1S/C7H12N3O3P/c1-3-5-12-14(11,7-9-10-8)13-6-4-2/h3-4H,1-2,5-7H2. The van der Waals surface area contributed by atoms with Crippen molar-refractivity contribution >= 4 is 7.60 Å². The molecule has 78 valence electrons. The zero-order chi connectivity index (χ0) is 10.9. The Kier molecular flexibility index (Phi) is 6.80. The van der Waals surface area contributed by atoms with Gasteiger partial charge in [0.15, 0.2) is 0 Å². The number of nitrogens with zero attached hydrogens (tertiary/aromatic N) is 3. The van der Waals surface area contributed by atoms with Gasteiger partial charge in [0, 0.05) is 4.91 Å². The van der Waals surface area contributed by atoms with E-state index in [0.29, 0.717) is 0 Å². The molecule has 0 saturated heterocycles. The van der Waals surface area contributed by atoms with Crippen LogP contribution in [0.1, 0.15) is 0 Å². The van der Waals surface area contributed by atoms with Gasteiger partial charge in [0.1, 0.15) is 6.29 Å². The van der Waals surface area contributed by atoms with Crippen molar-refractivity contribution in [1.82, 2.24) is 0 Å².